The third-order valence-electron chi connectivity index (χ3n) is 4.47. The van der Waals surface area contributed by atoms with Crippen molar-refractivity contribution in [1.29, 1.82) is 0 Å². The Labute approximate surface area is 85.2 Å². The molecule has 0 aromatic heterocycles. The number of carbonyl (C=O) groups excluding carboxylic acids is 1. The molecule has 1 aliphatic carbocycles. The van der Waals surface area contributed by atoms with Crippen LogP contribution in [0.3, 0.4) is 0 Å². The number of carbonyl (C=O) groups is 1. The summed E-state index contributed by atoms with van der Waals surface area (Å²) in [6, 6.07) is 0. The molecule has 0 aromatic rings. The van der Waals surface area contributed by atoms with Gasteiger partial charge in [0.2, 0.25) is 0 Å². The van der Waals surface area contributed by atoms with E-state index in [1.807, 2.05) is 0 Å². The highest BCUT2D eigenvalue weighted by Crippen LogP contribution is 2.62. The van der Waals surface area contributed by atoms with E-state index in [4.69, 9.17) is 4.74 Å². The molecule has 1 saturated heterocycles. The lowest BCUT2D eigenvalue weighted by Gasteiger charge is -2.35. The van der Waals surface area contributed by atoms with Crippen LogP contribution in [0.4, 0.5) is 0 Å². The predicted molar refractivity (Wildman–Crippen MR) is 53.8 cm³/mol. The van der Waals surface area contributed by atoms with E-state index in [1.165, 1.54) is 20.0 Å². The Kier molecular flexibility index (Phi) is 2.11. The smallest absolute Gasteiger partial charge is 0.310 e. The number of esters is 1. The quantitative estimate of drug-likeness (QED) is 0.676. The van der Waals surface area contributed by atoms with Gasteiger partial charge in [0, 0.05) is 13.1 Å². The van der Waals surface area contributed by atoms with Crippen LogP contribution >= 0.6 is 0 Å². The van der Waals surface area contributed by atoms with Crippen LogP contribution in [0.1, 0.15) is 26.7 Å². The zero-order chi connectivity index (χ0) is 10.4. The van der Waals surface area contributed by atoms with E-state index in [0.29, 0.717) is 5.41 Å². The van der Waals surface area contributed by atoms with Gasteiger partial charge < -0.3 is 10.1 Å². The topological polar surface area (TPSA) is 38.3 Å². The molecule has 0 radical (unpaired) electrons. The second-order valence-corrected chi connectivity index (χ2v) is 5.18. The maximum Gasteiger partial charge on any atom is 0.310 e. The number of hydrogen-bond donors (Lipinski definition) is 1. The molecule has 1 heterocycles. The van der Waals surface area contributed by atoms with Crippen LogP contribution in [0.2, 0.25) is 0 Å². The molecule has 80 valence electrons. The van der Waals surface area contributed by atoms with Crippen molar-refractivity contribution < 1.29 is 9.53 Å². The van der Waals surface area contributed by atoms with Gasteiger partial charge in [0.05, 0.1) is 13.0 Å². The third kappa shape index (κ3) is 1.18. The first-order chi connectivity index (χ1) is 6.53. The fourth-order valence-corrected chi connectivity index (χ4v) is 2.70. The Hall–Kier alpha value is -0.570. The number of hydrogen-bond acceptors (Lipinski definition) is 3. The average Bonchev–Trinajstić information content (AvgIpc) is 2.79. The standard InChI is InChI=1S/C11H19NO2/c1-10(4-5-10)11(2)7-12-6-8(11)9(13)14-3/h8,12H,4-7H2,1-3H3. The molecule has 1 N–H and O–H groups in total. The molecule has 14 heavy (non-hydrogen) atoms. The molecule has 0 bridgehead atoms. The summed E-state index contributed by atoms with van der Waals surface area (Å²) in [6.07, 6.45) is 2.50. The lowest BCUT2D eigenvalue weighted by atomic mass is 9.68. The first kappa shape index (κ1) is 9.97. The van der Waals surface area contributed by atoms with Gasteiger partial charge in [0.25, 0.3) is 0 Å². The summed E-state index contributed by atoms with van der Waals surface area (Å²) >= 11 is 0. The summed E-state index contributed by atoms with van der Waals surface area (Å²) in [5.74, 6) is -0.00868. The zero-order valence-corrected chi connectivity index (χ0v) is 9.22. The fraction of sp³-hybridized carbons (Fsp3) is 0.909. The van der Waals surface area contributed by atoms with Crippen molar-refractivity contribution in [1.82, 2.24) is 5.32 Å². The van der Waals surface area contributed by atoms with E-state index in [9.17, 15) is 4.79 Å². The molecule has 0 spiro atoms. The van der Waals surface area contributed by atoms with Crippen molar-refractivity contribution in [2.75, 3.05) is 20.2 Å². The van der Waals surface area contributed by atoms with Gasteiger partial charge in [-0.05, 0) is 23.7 Å². The normalized spacial score (nSPS) is 39.5. The van der Waals surface area contributed by atoms with Crippen LogP contribution in [0.25, 0.3) is 0 Å². The van der Waals surface area contributed by atoms with Gasteiger partial charge in [-0.25, -0.2) is 0 Å². The van der Waals surface area contributed by atoms with Gasteiger partial charge in [-0.3, -0.25) is 4.79 Å². The summed E-state index contributed by atoms with van der Waals surface area (Å²) in [7, 11) is 1.48. The minimum absolute atomic E-state index is 0.0417. The summed E-state index contributed by atoms with van der Waals surface area (Å²) < 4.78 is 4.87. The van der Waals surface area contributed by atoms with Crippen LogP contribution in [0.15, 0.2) is 0 Å². The summed E-state index contributed by atoms with van der Waals surface area (Å²) in [5.41, 5.74) is 0.454. The monoisotopic (exact) mass is 197 g/mol. The Bertz CT molecular complexity index is 260. The Morgan fingerprint density at radius 1 is 1.43 bits per heavy atom. The van der Waals surface area contributed by atoms with Crippen molar-refractivity contribution in [3.05, 3.63) is 0 Å². The SMILES string of the molecule is COC(=O)C1CNCC1(C)C1(C)CC1. The largest absolute Gasteiger partial charge is 0.469 e. The van der Waals surface area contributed by atoms with Crippen LogP contribution in [-0.4, -0.2) is 26.2 Å². The highest BCUT2D eigenvalue weighted by molar-refractivity contribution is 5.74. The second kappa shape index (κ2) is 2.96. The molecular formula is C11H19NO2. The van der Waals surface area contributed by atoms with Gasteiger partial charge >= 0.3 is 5.97 Å². The van der Waals surface area contributed by atoms with E-state index in [-0.39, 0.29) is 17.3 Å². The van der Waals surface area contributed by atoms with E-state index in [0.717, 1.165) is 13.1 Å². The van der Waals surface area contributed by atoms with Crippen molar-refractivity contribution in [2.45, 2.75) is 26.7 Å². The van der Waals surface area contributed by atoms with Crippen LogP contribution in [0.5, 0.6) is 0 Å². The second-order valence-electron chi connectivity index (χ2n) is 5.18. The van der Waals surface area contributed by atoms with Gasteiger partial charge in [-0.15, -0.1) is 0 Å². The molecule has 2 fully saturated rings. The maximum atomic E-state index is 11.6. The number of methoxy groups -OCH3 is 1. The van der Waals surface area contributed by atoms with Gasteiger partial charge in [0.1, 0.15) is 0 Å². The van der Waals surface area contributed by atoms with Crippen molar-refractivity contribution in [2.24, 2.45) is 16.7 Å². The molecule has 2 atom stereocenters. The van der Waals surface area contributed by atoms with Crippen molar-refractivity contribution >= 4 is 5.97 Å². The molecule has 2 aliphatic rings. The molecule has 1 saturated carbocycles. The predicted octanol–water partition coefficient (Wildman–Crippen LogP) is 1.19. The molecule has 2 rings (SSSR count). The fourth-order valence-electron chi connectivity index (χ4n) is 2.70. The molecular weight excluding hydrogens is 178 g/mol. The van der Waals surface area contributed by atoms with Gasteiger partial charge in [-0.2, -0.15) is 0 Å². The zero-order valence-electron chi connectivity index (χ0n) is 9.22. The molecule has 3 nitrogen and oxygen atoms in total. The first-order valence-electron chi connectivity index (χ1n) is 5.32. The Balaban J connectivity index is 2.21. The minimum Gasteiger partial charge on any atom is -0.469 e. The van der Waals surface area contributed by atoms with Crippen LogP contribution in [-0.2, 0) is 9.53 Å². The van der Waals surface area contributed by atoms with Crippen molar-refractivity contribution in [3.8, 4) is 0 Å². The van der Waals surface area contributed by atoms with E-state index < -0.39 is 0 Å². The van der Waals surface area contributed by atoms with E-state index >= 15 is 0 Å². The summed E-state index contributed by atoms with van der Waals surface area (Å²) in [5, 5.41) is 3.32. The number of nitrogens with one attached hydrogen (secondary N) is 1. The maximum absolute atomic E-state index is 11.6. The van der Waals surface area contributed by atoms with Crippen LogP contribution in [0, 0.1) is 16.7 Å². The van der Waals surface area contributed by atoms with Crippen LogP contribution < -0.4 is 5.32 Å². The molecule has 0 aromatic carbocycles. The lowest BCUT2D eigenvalue weighted by Crippen LogP contribution is -2.39. The number of rotatable bonds is 2. The molecule has 3 heteroatoms. The Morgan fingerprint density at radius 3 is 2.57 bits per heavy atom. The van der Waals surface area contributed by atoms with Crippen molar-refractivity contribution in [3.63, 3.8) is 0 Å². The Morgan fingerprint density at radius 2 is 2.07 bits per heavy atom. The third-order valence-corrected chi connectivity index (χ3v) is 4.47. The molecule has 1 aliphatic heterocycles. The summed E-state index contributed by atoms with van der Waals surface area (Å²) in [4.78, 5) is 11.6. The summed E-state index contributed by atoms with van der Waals surface area (Å²) in [6.45, 7) is 6.24. The molecule has 2 unspecified atom stereocenters. The highest BCUT2D eigenvalue weighted by Gasteiger charge is 2.60. The van der Waals surface area contributed by atoms with Gasteiger partial charge in [-0.1, -0.05) is 13.8 Å². The van der Waals surface area contributed by atoms with E-state index in [2.05, 4.69) is 19.2 Å². The minimum atomic E-state index is -0.0503. The average molecular weight is 197 g/mol. The highest BCUT2D eigenvalue weighted by atomic mass is 16.5. The number of ether oxygens (including phenoxy) is 1. The van der Waals surface area contributed by atoms with E-state index in [1.54, 1.807) is 0 Å². The van der Waals surface area contributed by atoms with Gasteiger partial charge in [0.15, 0.2) is 0 Å². The first-order valence-corrected chi connectivity index (χ1v) is 5.32. The molecule has 0 amide bonds. The lowest BCUT2D eigenvalue weighted by molar-refractivity contribution is -0.149.